The molecule has 1 aliphatic heterocycles. The first-order valence-electron chi connectivity index (χ1n) is 33.4. The normalized spacial score (nSPS) is 12.4. The Bertz CT molecular complexity index is 2950. The fourth-order valence-corrected chi connectivity index (χ4v) is 11.0. The van der Waals surface area contributed by atoms with Gasteiger partial charge in [0, 0.05) is 50.8 Å². The monoisotopic (exact) mass is 1200 g/mol. The minimum absolute atomic E-state index is 0.0660. The van der Waals surface area contributed by atoms with Crippen LogP contribution in [0.3, 0.4) is 0 Å². The van der Waals surface area contributed by atoms with Crippen LogP contribution in [0.5, 0.6) is 0 Å². The Hall–Kier alpha value is -6.69. The molecule has 0 bridgehead atoms. The third-order valence-corrected chi connectivity index (χ3v) is 15.6. The van der Waals surface area contributed by atoms with E-state index >= 15 is 0 Å². The lowest BCUT2D eigenvalue weighted by Gasteiger charge is -2.33. The van der Waals surface area contributed by atoms with Crippen LogP contribution in [-0.2, 0) is 42.3 Å². The van der Waals surface area contributed by atoms with Crippen molar-refractivity contribution in [3.8, 4) is 0 Å². The molecule has 1 saturated heterocycles. The Morgan fingerprint density at radius 2 is 0.843 bits per heavy atom. The third kappa shape index (κ3) is 31.6. The van der Waals surface area contributed by atoms with Gasteiger partial charge in [0.1, 0.15) is 5.82 Å². The van der Waals surface area contributed by atoms with Crippen molar-refractivity contribution >= 4 is 5.69 Å². The molecule has 9 rings (SSSR count). The van der Waals surface area contributed by atoms with Gasteiger partial charge in [-0.25, -0.2) is 4.39 Å². The molecule has 6 aromatic carbocycles. The van der Waals surface area contributed by atoms with Crippen LogP contribution in [0, 0.1) is 74.9 Å². The van der Waals surface area contributed by atoms with Gasteiger partial charge in [-0.15, -0.1) is 0 Å². The highest BCUT2D eigenvalue weighted by Gasteiger charge is 2.28. The molecule has 1 unspecified atom stereocenters. The summed E-state index contributed by atoms with van der Waals surface area (Å²) in [5.74, 6) is 5.69. The van der Waals surface area contributed by atoms with Crippen LogP contribution in [0.15, 0.2) is 194 Å². The summed E-state index contributed by atoms with van der Waals surface area (Å²) in [5, 5.41) is 0. The first-order valence-corrected chi connectivity index (χ1v) is 33.4. The van der Waals surface area contributed by atoms with Crippen LogP contribution in [0.2, 0.25) is 0 Å². The number of hydrogen-bond donors (Lipinski definition) is 0. The molecule has 1 fully saturated rings. The molecular weight excluding hydrogens is 1090 g/mol. The van der Waals surface area contributed by atoms with Crippen molar-refractivity contribution in [3.05, 3.63) is 267 Å². The molecule has 2 aromatic heterocycles. The molecular formula is C84H118FN3O. The molecule has 1 aliphatic rings. The second kappa shape index (κ2) is 41.6. The Morgan fingerprint density at radius 1 is 0.449 bits per heavy atom. The Morgan fingerprint density at radius 3 is 1.25 bits per heavy atom. The molecule has 0 saturated carbocycles. The van der Waals surface area contributed by atoms with E-state index < -0.39 is 0 Å². The summed E-state index contributed by atoms with van der Waals surface area (Å²) in [6.07, 6.45) is 11.7. The van der Waals surface area contributed by atoms with Crippen molar-refractivity contribution in [2.75, 3.05) is 32.2 Å². The number of anilines is 1. The summed E-state index contributed by atoms with van der Waals surface area (Å²) in [6, 6.07) is 63.3. The Kier molecular flexibility index (Phi) is 35.8. The van der Waals surface area contributed by atoms with Crippen LogP contribution >= 0.6 is 0 Å². The van der Waals surface area contributed by atoms with E-state index in [2.05, 4.69) is 274 Å². The van der Waals surface area contributed by atoms with Crippen LogP contribution in [0.25, 0.3) is 0 Å². The molecule has 482 valence electrons. The van der Waals surface area contributed by atoms with Gasteiger partial charge in [-0.05, 0) is 221 Å². The number of aryl methyl sites for hydroxylation is 4. The average Bonchev–Trinajstić information content (AvgIpc) is 1.73. The van der Waals surface area contributed by atoms with Crippen molar-refractivity contribution < 1.29 is 9.13 Å². The molecule has 5 heteroatoms. The molecule has 0 amide bonds. The summed E-state index contributed by atoms with van der Waals surface area (Å²) < 4.78 is 18.7. The van der Waals surface area contributed by atoms with Crippen molar-refractivity contribution in [2.45, 2.75) is 181 Å². The zero-order valence-electron chi connectivity index (χ0n) is 59.1. The van der Waals surface area contributed by atoms with E-state index in [4.69, 9.17) is 4.74 Å². The first kappa shape index (κ1) is 76.6. The van der Waals surface area contributed by atoms with E-state index in [-0.39, 0.29) is 11.2 Å². The third-order valence-electron chi connectivity index (χ3n) is 15.6. The topological polar surface area (TPSA) is 38.3 Å². The second-order valence-corrected chi connectivity index (χ2v) is 27.7. The van der Waals surface area contributed by atoms with E-state index in [1.807, 2.05) is 67.8 Å². The number of nitrogens with zero attached hydrogens (tertiary/aromatic N) is 3. The van der Waals surface area contributed by atoms with Gasteiger partial charge in [0.25, 0.3) is 0 Å². The van der Waals surface area contributed by atoms with Crippen LogP contribution < -0.4 is 4.90 Å². The quantitative estimate of drug-likeness (QED) is 0.0966. The molecule has 4 nitrogen and oxygen atoms in total. The summed E-state index contributed by atoms with van der Waals surface area (Å²) in [7, 11) is 4.13. The zero-order valence-corrected chi connectivity index (χ0v) is 59.1. The maximum Gasteiger partial charge on any atom is 0.126 e. The van der Waals surface area contributed by atoms with Gasteiger partial charge in [0.15, 0.2) is 0 Å². The predicted octanol–water partition coefficient (Wildman–Crippen LogP) is 22.5. The van der Waals surface area contributed by atoms with Gasteiger partial charge >= 0.3 is 0 Å². The molecule has 3 heterocycles. The van der Waals surface area contributed by atoms with E-state index in [0.29, 0.717) is 17.8 Å². The molecule has 0 N–H and O–H groups in total. The van der Waals surface area contributed by atoms with Crippen LogP contribution in [0.4, 0.5) is 10.1 Å². The highest BCUT2D eigenvalue weighted by Crippen LogP contribution is 2.37. The first-order chi connectivity index (χ1) is 42.2. The van der Waals surface area contributed by atoms with Crippen LogP contribution in [0.1, 0.15) is 183 Å². The lowest BCUT2D eigenvalue weighted by Crippen LogP contribution is -2.25. The minimum atomic E-state index is -0.136. The zero-order chi connectivity index (χ0) is 65.9. The summed E-state index contributed by atoms with van der Waals surface area (Å²) in [5.41, 5.74) is 16.5. The van der Waals surface area contributed by atoms with Gasteiger partial charge in [0.05, 0.1) is 11.4 Å². The fraction of sp³-hybridized carbons (Fsp3) is 0.452. The molecule has 0 spiro atoms. The molecule has 0 radical (unpaired) electrons. The number of benzene rings is 6. The predicted molar refractivity (Wildman–Crippen MR) is 386 cm³/mol. The maximum atomic E-state index is 13.2. The number of hydrogen-bond acceptors (Lipinski definition) is 4. The lowest BCUT2D eigenvalue weighted by molar-refractivity contribution is 0.0522. The van der Waals surface area contributed by atoms with E-state index in [1.165, 1.54) is 88.7 Å². The van der Waals surface area contributed by atoms with Crippen molar-refractivity contribution in [3.63, 3.8) is 0 Å². The second-order valence-electron chi connectivity index (χ2n) is 27.7. The van der Waals surface area contributed by atoms with Gasteiger partial charge < -0.3 is 9.64 Å². The Balaban J connectivity index is 0.000000273. The van der Waals surface area contributed by atoms with E-state index in [9.17, 15) is 4.39 Å². The molecule has 1 atom stereocenters. The van der Waals surface area contributed by atoms with Gasteiger partial charge in [-0.3, -0.25) is 9.97 Å². The van der Waals surface area contributed by atoms with Gasteiger partial charge in [-0.1, -0.05) is 234 Å². The molecule has 8 aromatic rings. The number of ether oxygens (including phenoxy) is 1. The highest BCUT2D eigenvalue weighted by atomic mass is 19.1. The number of rotatable bonds is 16. The van der Waals surface area contributed by atoms with Crippen molar-refractivity contribution in [1.29, 1.82) is 0 Å². The standard InChI is InChI=1S/C15H22O.C13H14N2.C12H19N.C12H18.C11H15F.C11H16.C10H14/c1-12(2)15(13-6-4-3-5-7-13)14-8-10-16-11-9-14;1-13(2,11-7-3-5-9-14-11)12-8-4-6-10-15-12;1-10(2)9-11-5-7-12(8-6-11)13(3)4;1-9(2)7-12-6-5-10(3)8-11(12)4;1-8(2)6-10-5-4-9(3)7-11(10)12;1-9(2)8-11-6-4-10(3)5-7-11;1-9(2)8-10-6-4-3-5-7-10/h3-7,12,14-15H,8-11H2,1-2H3;3-10H,1-2H3;5-8,10H,9H2,1-4H3;5-6,8-9H,7H2,1-4H3;4-5,7-8H,6H2,1-3H3;4-7,9H,8H2,1-3H3;3-7,9H,8H2,1-2H3. The number of pyridine rings is 2. The summed E-state index contributed by atoms with van der Waals surface area (Å²) in [4.78, 5) is 10.9. The maximum absolute atomic E-state index is 13.2. The molecule has 0 aliphatic carbocycles. The molecule has 89 heavy (non-hydrogen) atoms. The van der Waals surface area contributed by atoms with Crippen molar-refractivity contribution in [1.82, 2.24) is 9.97 Å². The fourth-order valence-electron chi connectivity index (χ4n) is 11.0. The average molecular weight is 1200 g/mol. The number of halogens is 1. The SMILES string of the molecule is CC(C)(c1ccccn1)c1ccccn1.CC(C)C(c1ccccc1)C1CCOCC1.CC(C)Cc1ccc(N(C)C)cc1.CC(C)Cc1ccccc1.Cc1ccc(CC(C)C)c(C)c1.Cc1ccc(CC(C)C)c(F)c1.Cc1ccc(CC(C)C)cc1. The van der Waals surface area contributed by atoms with Crippen LogP contribution in [-0.4, -0.2) is 37.3 Å². The summed E-state index contributed by atoms with van der Waals surface area (Å²) in [6.45, 7) is 41.4. The summed E-state index contributed by atoms with van der Waals surface area (Å²) >= 11 is 0. The van der Waals surface area contributed by atoms with E-state index in [1.54, 1.807) is 6.07 Å². The largest absolute Gasteiger partial charge is 0.381 e. The van der Waals surface area contributed by atoms with Crippen molar-refractivity contribution in [2.24, 2.45) is 41.4 Å². The van der Waals surface area contributed by atoms with E-state index in [0.717, 1.165) is 71.7 Å². The highest BCUT2D eigenvalue weighted by molar-refractivity contribution is 5.46. The number of aromatic nitrogens is 2. The lowest BCUT2D eigenvalue weighted by atomic mass is 9.75. The Labute approximate surface area is 543 Å². The van der Waals surface area contributed by atoms with Gasteiger partial charge in [-0.2, -0.15) is 0 Å². The smallest absolute Gasteiger partial charge is 0.126 e. The van der Waals surface area contributed by atoms with Gasteiger partial charge in [0.2, 0.25) is 0 Å². The minimum Gasteiger partial charge on any atom is -0.381 e.